The Labute approximate surface area is 123 Å². The molecule has 3 N–H and O–H groups in total. The molecule has 20 heavy (non-hydrogen) atoms. The number of nitrogens with one attached hydrogen (secondary N) is 1. The monoisotopic (exact) mass is 281 g/mol. The molecule has 0 bridgehead atoms. The molecular weight excluding hydrogens is 250 g/mol. The van der Waals surface area contributed by atoms with E-state index in [2.05, 4.69) is 10.2 Å². The summed E-state index contributed by atoms with van der Waals surface area (Å²) in [6, 6.07) is 0.867. The summed E-state index contributed by atoms with van der Waals surface area (Å²) in [5, 5.41) is 3.24. The number of nitrogens with zero attached hydrogens (tertiary/aromatic N) is 1. The van der Waals surface area contributed by atoms with Crippen molar-refractivity contribution in [1.82, 2.24) is 10.2 Å². The Kier molecular flexibility index (Phi) is 5.44. The van der Waals surface area contributed by atoms with Gasteiger partial charge in [-0.3, -0.25) is 4.79 Å². The molecule has 0 saturated heterocycles. The topological polar surface area (TPSA) is 58.4 Å². The first kappa shape index (κ1) is 15.8. The van der Waals surface area contributed by atoms with Crippen molar-refractivity contribution < 1.29 is 4.79 Å². The molecule has 1 amide bonds. The van der Waals surface area contributed by atoms with E-state index in [1.165, 1.54) is 45.2 Å². The molecule has 2 rings (SSSR count). The van der Waals surface area contributed by atoms with Crippen LogP contribution >= 0.6 is 0 Å². The molecule has 2 aliphatic carbocycles. The Hall–Kier alpha value is -0.610. The Morgan fingerprint density at radius 3 is 2.50 bits per heavy atom. The number of primary amides is 1. The highest BCUT2D eigenvalue weighted by Crippen LogP contribution is 2.35. The van der Waals surface area contributed by atoms with E-state index in [0.29, 0.717) is 0 Å². The maximum atomic E-state index is 11.6. The molecular formula is C16H31N3O. The van der Waals surface area contributed by atoms with Crippen LogP contribution in [0.15, 0.2) is 0 Å². The van der Waals surface area contributed by atoms with Crippen molar-refractivity contribution in [3.05, 3.63) is 0 Å². The molecule has 0 radical (unpaired) electrons. The van der Waals surface area contributed by atoms with Crippen LogP contribution in [0.2, 0.25) is 0 Å². The van der Waals surface area contributed by atoms with Gasteiger partial charge in [0.2, 0.25) is 5.91 Å². The number of unbranched alkanes of at least 4 members (excludes halogenated alkanes) is 1. The Bertz CT molecular complexity index is 326. The van der Waals surface area contributed by atoms with Gasteiger partial charge < -0.3 is 16.0 Å². The summed E-state index contributed by atoms with van der Waals surface area (Å²) in [6.07, 6.45) is 8.74. The summed E-state index contributed by atoms with van der Waals surface area (Å²) in [4.78, 5) is 14.2. The normalized spacial score (nSPS) is 21.9. The van der Waals surface area contributed by atoms with Gasteiger partial charge in [0, 0.05) is 12.6 Å². The minimum atomic E-state index is -0.532. The predicted molar refractivity (Wildman–Crippen MR) is 82.4 cm³/mol. The number of carbonyl (C=O) groups is 1. The zero-order valence-electron chi connectivity index (χ0n) is 13.2. The highest BCUT2D eigenvalue weighted by atomic mass is 16.1. The molecule has 2 aliphatic rings. The second kappa shape index (κ2) is 6.90. The van der Waals surface area contributed by atoms with E-state index in [9.17, 15) is 4.79 Å². The van der Waals surface area contributed by atoms with Gasteiger partial charge in [-0.1, -0.05) is 6.92 Å². The van der Waals surface area contributed by atoms with E-state index in [0.717, 1.165) is 31.3 Å². The van der Waals surface area contributed by atoms with Crippen molar-refractivity contribution in [2.75, 3.05) is 19.6 Å². The van der Waals surface area contributed by atoms with E-state index in [1.807, 2.05) is 13.8 Å². The first-order valence-corrected chi connectivity index (χ1v) is 8.34. The predicted octanol–water partition coefficient (Wildman–Crippen LogP) is 1.88. The van der Waals surface area contributed by atoms with Crippen LogP contribution in [0.3, 0.4) is 0 Å². The first-order valence-electron chi connectivity index (χ1n) is 8.34. The number of nitrogens with two attached hydrogens (primary N) is 1. The average Bonchev–Trinajstić information content (AvgIpc) is 3.26. The fourth-order valence-corrected chi connectivity index (χ4v) is 2.98. The summed E-state index contributed by atoms with van der Waals surface area (Å²) in [5.74, 6) is 0.754. The van der Waals surface area contributed by atoms with E-state index in [1.54, 1.807) is 0 Å². The summed E-state index contributed by atoms with van der Waals surface area (Å²) in [7, 11) is 0. The third kappa shape index (κ3) is 4.74. The Morgan fingerprint density at radius 1 is 1.30 bits per heavy atom. The van der Waals surface area contributed by atoms with Gasteiger partial charge in [0.05, 0.1) is 5.54 Å². The van der Waals surface area contributed by atoms with Gasteiger partial charge in [0.15, 0.2) is 0 Å². The number of amides is 1. The molecule has 0 aromatic heterocycles. The van der Waals surface area contributed by atoms with E-state index >= 15 is 0 Å². The summed E-state index contributed by atoms with van der Waals surface area (Å²) in [6.45, 7) is 7.25. The maximum Gasteiger partial charge on any atom is 0.237 e. The Balaban J connectivity index is 1.66. The molecule has 1 atom stereocenters. The van der Waals surface area contributed by atoms with Crippen LogP contribution in [0.4, 0.5) is 0 Å². The zero-order chi connectivity index (χ0) is 14.6. The molecule has 116 valence electrons. The minimum Gasteiger partial charge on any atom is -0.368 e. The minimum absolute atomic E-state index is 0.226. The van der Waals surface area contributed by atoms with E-state index < -0.39 is 5.54 Å². The molecule has 2 saturated carbocycles. The summed E-state index contributed by atoms with van der Waals surface area (Å²) in [5.41, 5.74) is 4.99. The maximum absolute atomic E-state index is 11.6. The second-order valence-corrected chi connectivity index (χ2v) is 6.85. The molecule has 0 aromatic carbocycles. The van der Waals surface area contributed by atoms with Crippen LogP contribution in [-0.4, -0.2) is 42.0 Å². The molecule has 0 aliphatic heterocycles. The molecule has 4 nitrogen and oxygen atoms in total. The van der Waals surface area contributed by atoms with Crippen molar-refractivity contribution in [1.29, 1.82) is 0 Å². The SMILES string of the molecule is CCNC(C)(CCCCN(CC1CC1)C1CC1)C(N)=O. The average molecular weight is 281 g/mol. The Morgan fingerprint density at radius 2 is 2.00 bits per heavy atom. The number of carbonyl (C=O) groups excluding carboxylic acids is 1. The van der Waals surface area contributed by atoms with Crippen LogP contribution in [-0.2, 0) is 4.79 Å². The quantitative estimate of drug-likeness (QED) is 0.569. The lowest BCUT2D eigenvalue weighted by Crippen LogP contribution is -2.53. The van der Waals surface area contributed by atoms with Gasteiger partial charge in [-0.15, -0.1) is 0 Å². The zero-order valence-corrected chi connectivity index (χ0v) is 13.2. The van der Waals surface area contributed by atoms with Gasteiger partial charge in [-0.25, -0.2) is 0 Å². The summed E-state index contributed by atoms with van der Waals surface area (Å²) >= 11 is 0. The summed E-state index contributed by atoms with van der Waals surface area (Å²) < 4.78 is 0. The molecule has 2 fully saturated rings. The highest BCUT2D eigenvalue weighted by molar-refractivity contribution is 5.84. The van der Waals surface area contributed by atoms with Crippen LogP contribution < -0.4 is 11.1 Å². The third-order valence-corrected chi connectivity index (χ3v) is 4.74. The van der Waals surface area contributed by atoms with Crippen LogP contribution in [0.5, 0.6) is 0 Å². The number of rotatable bonds is 11. The van der Waals surface area contributed by atoms with Crippen LogP contribution in [0.1, 0.15) is 58.8 Å². The smallest absolute Gasteiger partial charge is 0.237 e. The molecule has 4 heteroatoms. The molecule has 0 aromatic rings. The standard InChI is InChI=1S/C16H31N3O/c1-3-18-16(2,15(17)20)10-4-5-11-19(14-8-9-14)12-13-6-7-13/h13-14,18H,3-12H2,1-2H3,(H2,17,20). The van der Waals surface area contributed by atoms with Crippen LogP contribution in [0.25, 0.3) is 0 Å². The highest BCUT2D eigenvalue weighted by Gasteiger charge is 2.33. The molecule has 0 spiro atoms. The van der Waals surface area contributed by atoms with Crippen molar-refractivity contribution in [2.45, 2.75) is 70.4 Å². The van der Waals surface area contributed by atoms with Gasteiger partial charge in [0.25, 0.3) is 0 Å². The number of hydrogen-bond donors (Lipinski definition) is 2. The fourth-order valence-electron chi connectivity index (χ4n) is 2.98. The molecule has 0 heterocycles. The number of likely N-dealkylation sites (N-methyl/N-ethyl adjacent to an activating group) is 1. The lowest BCUT2D eigenvalue weighted by Gasteiger charge is -2.28. The second-order valence-electron chi connectivity index (χ2n) is 6.85. The van der Waals surface area contributed by atoms with Crippen molar-refractivity contribution in [3.8, 4) is 0 Å². The van der Waals surface area contributed by atoms with Gasteiger partial charge in [-0.05, 0) is 70.9 Å². The van der Waals surface area contributed by atoms with Gasteiger partial charge >= 0.3 is 0 Å². The fraction of sp³-hybridized carbons (Fsp3) is 0.938. The van der Waals surface area contributed by atoms with Crippen LogP contribution in [0, 0.1) is 5.92 Å². The lowest BCUT2D eigenvalue weighted by atomic mass is 9.94. The van der Waals surface area contributed by atoms with Gasteiger partial charge in [0.1, 0.15) is 0 Å². The van der Waals surface area contributed by atoms with Crippen molar-refractivity contribution >= 4 is 5.91 Å². The van der Waals surface area contributed by atoms with Gasteiger partial charge in [-0.2, -0.15) is 0 Å². The van der Waals surface area contributed by atoms with Crippen molar-refractivity contribution in [2.24, 2.45) is 11.7 Å². The number of hydrogen-bond acceptors (Lipinski definition) is 3. The third-order valence-electron chi connectivity index (χ3n) is 4.74. The van der Waals surface area contributed by atoms with Crippen molar-refractivity contribution in [3.63, 3.8) is 0 Å². The van der Waals surface area contributed by atoms with E-state index in [4.69, 9.17) is 5.73 Å². The molecule has 1 unspecified atom stereocenters. The largest absolute Gasteiger partial charge is 0.368 e. The lowest BCUT2D eigenvalue weighted by molar-refractivity contribution is -0.124. The van der Waals surface area contributed by atoms with E-state index in [-0.39, 0.29) is 5.91 Å². The first-order chi connectivity index (χ1) is 9.55.